The van der Waals surface area contributed by atoms with E-state index in [0.29, 0.717) is 0 Å². The second kappa shape index (κ2) is 3.11. The van der Waals surface area contributed by atoms with E-state index in [1.54, 1.807) is 0 Å². The molecular weight excluding hydrogens is 164 g/mol. The molecule has 1 unspecified atom stereocenters. The highest BCUT2D eigenvalue weighted by atomic mass is 16.3. The van der Waals surface area contributed by atoms with Gasteiger partial charge in [-0.25, -0.2) is 0 Å². The number of fused-ring (bicyclic) bond motifs is 1. The average molecular weight is 178 g/mol. The lowest BCUT2D eigenvalue weighted by Crippen LogP contribution is -2.31. The molecule has 0 heterocycles. The Balaban J connectivity index is 2.34. The lowest BCUT2D eigenvalue weighted by molar-refractivity contribution is -0.119. The SMILES string of the molecule is CC1=CC=C2C(CCC[C@@H]2O)C1=O. The molecule has 0 radical (unpaired) electrons. The molecule has 1 fully saturated rings. The van der Waals surface area contributed by atoms with Gasteiger partial charge < -0.3 is 5.11 Å². The molecule has 2 aliphatic carbocycles. The highest BCUT2D eigenvalue weighted by Crippen LogP contribution is 2.34. The number of allylic oxidation sites excluding steroid dienone is 3. The van der Waals surface area contributed by atoms with Crippen LogP contribution in [0.4, 0.5) is 0 Å². The summed E-state index contributed by atoms with van der Waals surface area (Å²) in [5.74, 6) is 0.185. The van der Waals surface area contributed by atoms with Crippen LogP contribution in [0.25, 0.3) is 0 Å². The Morgan fingerprint density at radius 3 is 2.92 bits per heavy atom. The third kappa shape index (κ3) is 1.35. The van der Waals surface area contributed by atoms with E-state index >= 15 is 0 Å². The molecule has 0 aromatic rings. The molecule has 2 aliphatic rings. The van der Waals surface area contributed by atoms with Crippen molar-refractivity contribution in [1.82, 2.24) is 0 Å². The zero-order valence-corrected chi connectivity index (χ0v) is 7.79. The second-order valence-electron chi connectivity index (χ2n) is 3.88. The first-order valence-corrected chi connectivity index (χ1v) is 4.81. The molecule has 2 heteroatoms. The summed E-state index contributed by atoms with van der Waals surface area (Å²) in [5, 5.41) is 9.66. The molecule has 1 saturated carbocycles. The van der Waals surface area contributed by atoms with Crippen LogP contribution in [0.2, 0.25) is 0 Å². The van der Waals surface area contributed by atoms with E-state index in [9.17, 15) is 9.90 Å². The highest BCUT2D eigenvalue weighted by molar-refractivity contribution is 6.00. The normalized spacial score (nSPS) is 33.5. The van der Waals surface area contributed by atoms with Gasteiger partial charge in [-0.15, -0.1) is 0 Å². The van der Waals surface area contributed by atoms with Crippen molar-refractivity contribution >= 4 is 5.78 Å². The van der Waals surface area contributed by atoms with Crippen LogP contribution in [0.15, 0.2) is 23.3 Å². The molecule has 0 aromatic heterocycles. The van der Waals surface area contributed by atoms with E-state index in [1.165, 1.54) is 0 Å². The quantitative estimate of drug-likeness (QED) is 0.611. The molecular formula is C11H14O2. The number of aliphatic hydroxyl groups is 1. The first-order valence-electron chi connectivity index (χ1n) is 4.81. The Labute approximate surface area is 78.0 Å². The summed E-state index contributed by atoms with van der Waals surface area (Å²) in [5.41, 5.74) is 1.75. The van der Waals surface area contributed by atoms with Crippen LogP contribution in [-0.2, 0) is 4.79 Å². The van der Waals surface area contributed by atoms with Gasteiger partial charge in [0.1, 0.15) is 0 Å². The summed E-state index contributed by atoms with van der Waals surface area (Å²) in [6.07, 6.45) is 6.04. The van der Waals surface area contributed by atoms with Crippen molar-refractivity contribution in [2.45, 2.75) is 32.3 Å². The number of hydrogen-bond acceptors (Lipinski definition) is 2. The van der Waals surface area contributed by atoms with Gasteiger partial charge in [0.25, 0.3) is 0 Å². The highest BCUT2D eigenvalue weighted by Gasteiger charge is 2.32. The minimum absolute atomic E-state index is 0.0197. The minimum Gasteiger partial charge on any atom is -0.389 e. The number of hydrogen-bond donors (Lipinski definition) is 1. The number of aliphatic hydroxyl groups excluding tert-OH is 1. The fraction of sp³-hybridized carbons (Fsp3) is 0.545. The van der Waals surface area contributed by atoms with Crippen LogP contribution in [0, 0.1) is 5.92 Å². The van der Waals surface area contributed by atoms with E-state index in [0.717, 1.165) is 30.4 Å². The Hall–Kier alpha value is -0.890. The van der Waals surface area contributed by atoms with Crippen LogP contribution >= 0.6 is 0 Å². The Bertz CT molecular complexity index is 299. The first-order chi connectivity index (χ1) is 6.20. The van der Waals surface area contributed by atoms with Gasteiger partial charge in [0.2, 0.25) is 0 Å². The lowest BCUT2D eigenvalue weighted by atomic mass is 9.75. The zero-order chi connectivity index (χ0) is 9.42. The Morgan fingerprint density at radius 1 is 1.38 bits per heavy atom. The van der Waals surface area contributed by atoms with E-state index in [1.807, 2.05) is 19.1 Å². The summed E-state index contributed by atoms with van der Waals surface area (Å²) in [6.45, 7) is 1.84. The van der Waals surface area contributed by atoms with Crippen LogP contribution in [0.5, 0.6) is 0 Å². The summed E-state index contributed by atoms with van der Waals surface area (Å²) in [7, 11) is 0. The lowest BCUT2D eigenvalue weighted by Gasteiger charge is -2.30. The van der Waals surface area contributed by atoms with Crippen molar-refractivity contribution in [2.75, 3.05) is 0 Å². The predicted octanol–water partition coefficient (Wildman–Crippen LogP) is 1.60. The fourth-order valence-electron chi connectivity index (χ4n) is 2.17. The van der Waals surface area contributed by atoms with Gasteiger partial charge in [-0.05, 0) is 37.3 Å². The molecule has 1 N–H and O–H groups in total. The van der Waals surface area contributed by atoms with Crippen molar-refractivity contribution < 1.29 is 9.90 Å². The topological polar surface area (TPSA) is 37.3 Å². The number of Topliss-reactive ketones (excluding diaryl/α,β-unsaturated/α-hetero) is 1. The Kier molecular flexibility index (Phi) is 2.08. The molecule has 0 aliphatic heterocycles. The molecule has 2 rings (SSSR count). The summed E-state index contributed by atoms with van der Waals surface area (Å²) < 4.78 is 0. The molecule has 70 valence electrons. The van der Waals surface area contributed by atoms with Crippen LogP contribution < -0.4 is 0 Å². The number of rotatable bonds is 0. The van der Waals surface area contributed by atoms with Crippen molar-refractivity contribution in [3.05, 3.63) is 23.3 Å². The van der Waals surface area contributed by atoms with Gasteiger partial charge >= 0.3 is 0 Å². The fourth-order valence-corrected chi connectivity index (χ4v) is 2.17. The summed E-state index contributed by atoms with van der Waals surface area (Å²) in [4.78, 5) is 11.7. The van der Waals surface area contributed by atoms with Gasteiger partial charge in [0.15, 0.2) is 5.78 Å². The molecule has 0 spiro atoms. The minimum atomic E-state index is -0.382. The van der Waals surface area contributed by atoms with Crippen LogP contribution in [0.3, 0.4) is 0 Å². The number of carbonyl (C=O) groups excluding carboxylic acids is 1. The zero-order valence-electron chi connectivity index (χ0n) is 7.79. The molecule has 2 atom stereocenters. The van der Waals surface area contributed by atoms with E-state index in [-0.39, 0.29) is 17.8 Å². The Morgan fingerprint density at radius 2 is 2.15 bits per heavy atom. The van der Waals surface area contributed by atoms with E-state index in [2.05, 4.69) is 0 Å². The van der Waals surface area contributed by atoms with Crippen molar-refractivity contribution in [3.8, 4) is 0 Å². The van der Waals surface area contributed by atoms with Crippen molar-refractivity contribution in [3.63, 3.8) is 0 Å². The van der Waals surface area contributed by atoms with Gasteiger partial charge in [-0.2, -0.15) is 0 Å². The smallest absolute Gasteiger partial charge is 0.165 e. The van der Waals surface area contributed by atoms with Gasteiger partial charge in [-0.3, -0.25) is 4.79 Å². The van der Waals surface area contributed by atoms with Gasteiger partial charge in [0.05, 0.1) is 6.10 Å². The maximum Gasteiger partial charge on any atom is 0.165 e. The molecule has 0 amide bonds. The monoisotopic (exact) mass is 178 g/mol. The standard InChI is InChI=1S/C11H14O2/c1-7-5-6-8-9(11(7)13)3-2-4-10(8)12/h5-6,9-10,12H,2-4H2,1H3/t9?,10-/m0/s1. The van der Waals surface area contributed by atoms with Gasteiger partial charge in [-0.1, -0.05) is 12.2 Å². The van der Waals surface area contributed by atoms with Gasteiger partial charge in [0, 0.05) is 5.92 Å². The average Bonchev–Trinajstić information content (AvgIpc) is 2.12. The third-order valence-corrected chi connectivity index (χ3v) is 2.99. The third-order valence-electron chi connectivity index (χ3n) is 2.99. The predicted molar refractivity (Wildman–Crippen MR) is 50.2 cm³/mol. The van der Waals surface area contributed by atoms with Crippen LogP contribution in [-0.4, -0.2) is 17.0 Å². The number of carbonyl (C=O) groups is 1. The van der Waals surface area contributed by atoms with E-state index in [4.69, 9.17) is 0 Å². The maximum absolute atomic E-state index is 11.7. The molecule has 2 nitrogen and oxygen atoms in total. The summed E-state index contributed by atoms with van der Waals surface area (Å²) in [6, 6.07) is 0. The number of ketones is 1. The largest absolute Gasteiger partial charge is 0.389 e. The molecule has 13 heavy (non-hydrogen) atoms. The molecule has 0 saturated heterocycles. The first kappa shape index (κ1) is 8.70. The van der Waals surface area contributed by atoms with Crippen LogP contribution in [0.1, 0.15) is 26.2 Å². The van der Waals surface area contributed by atoms with Crippen molar-refractivity contribution in [2.24, 2.45) is 5.92 Å². The second-order valence-corrected chi connectivity index (χ2v) is 3.88. The molecule has 0 bridgehead atoms. The maximum atomic E-state index is 11.7. The van der Waals surface area contributed by atoms with E-state index < -0.39 is 0 Å². The summed E-state index contributed by atoms with van der Waals surface area (Å²) >= 11 is 0. The molecule has 0 aromatic carbocycles. The van der Waals surface area contributed by atoms with Crippen molar-refractivity contribution in [1.29, 1.82) is 0 Å².